The van der Waals surface area contributed by atoms with Crippen molar-refractivity contribution in [3.05, 3.63) is 0 Å². The maximum atomic E-state index is 9.68. The number of carbonyl (C=O) groups is 1. The average molecular weight is 134 g/mol. The maximum absolute atomic E-state index is 9.68. The minimum absolute atomic E-state index is 0.137. The first-order valence-corrected chi connectivity index (χ1v) is 2.63. The van der Waals surface area contributed by atoms with Crippen molar-refractivity contribution in [1.82, 2.24) is 0 Å². The Morgan fingerprint density at radius 1 is 1.33 bits per heavy atom. The van der Waals surface area contributed by atoms with E-state index in [0.717, 1.165) is 0 Å². The quantitative estimate of drug-likeness (QED) is 0.400. The fraction of sp³-hybridized carbons (Fsp3) is 0.800. The summed E-state index contributed by atoms with van der Waals surface area (Å²) in [5.74, 6) is 0. The Hall–Kier alpha value is -0.450. The molecule has 0 aliphatic heterocycles. The second kappa shape index (κ2) is 4.43. The van der Waals surface area contributed by atoms with Gasteiger partial charge in [0, 0.05) is 6.42 Å². The molecule has 0 fully saturated rings. The van der Waals surface area contributed by atoms with Crippen molar-refractivity contribution < 1.29 is 20.1 Å². The zero-order valence-electron chi connectivity index (χ0n) is 4.90. The van der Waals surface area contributed by atoms with Crippen LogP contribution in [0, 0.1) is 0 Å². The Labute approximate surface area is 52.7 Å². The van der Waals surface area contributed by atoms with E-state index >= 15 is 0 Å². The van der Waals surface area contributed by atoms with Gasteiger partial charge in [-0.15, -0.1) is 0 Å². The molecule has 9 heavy (non-hydrogen) atoms. The van der Waals surface area contributed by atoms with E-state index in [0.29, 0.717) is 6.29 Å². The molecule has 4 nitrogen and oxygen atoms in total. The van der Waals surface area contributed by atoms with Gasteiger partial charge in [-0.3, -0.25) is 0 Å². The van der Waals surface area contributed by atoms with Gasteiger partial charge in [-0.1, -0.05) is 0 Å². The number of carbonyl (C=O) groups excluding carboxylic acids is 1. The first-order valence-electron chi connectivity index (χ1n) is 2.63. The zero-order valence-corrected chi connectivity index (χ0v) is 4.90. The molecule has 4 heteroatoms. The topological polar surface area (TPSA) is 77.8 Å². The van der Waals surface area contributed by atoms with Crippen LogP contribution in [-0.2, 0) is 4.79 Å². The van der Waals surface area contributed by atoms with Crippen LogP contribution in [0.4, 0.5) is 0 Å². The summed E-state index contributed by atoms with van der Waals surface area (Å²) >= 11 is 0. The van der Waals surface area contributed by atoms with Crippen LogP contribution in [-0.4, -0.2) is 40.4 Å². The molecule has 0 aromatic rings. The van der Waals surface area contributed by atoms with Crippen molar-refractivity contribution in [3.63, 3.8) is 0 Å². The molecule has 0 radical (unpaired) electrons. The van der Waals surface area contributed by atoms with Crippen LogP contribution in [0.15, 0.2) is 0 Å². The van der Waals surface area contributed by atoms with Gasteiger partial charge < -0.3 is 20.1 Å². The van der Waals surface area contributed by atoms with Crippen LogP contribution in [0.1, 0.15) is 6.42 Å². The summed E-state index contributed by atoms with van der Waals surface area (Å²) in [6.07, 6.45) is -1.98. The molecule has 0 aromatic carbocycles. The largest absolute Gasteiger partial charge is 0.394 e. The fourth-order valence-corrected chi connectivity index (χ4v) is 0.377. The van der Waals surface area contributed by atoms with Crippen molar-refractivity contribution in [2.75, 3.05) is 6.61 Å². The second-order valence-corrected chi connectivity index (χ2v) is 1.72. The average Bonchev–Trinajstić information content (AvgIpc) is 1.87. The third-order valence-electron chi connectivity index (χ3n) is 0.969. The fourth-order valence-electron chi connectivity index (χ4n) is 0.377. The lowest BCUT2D eigenvalue weighted by Crippen LogP contribution is -2.29. The predicted molar refractivity (Wildman–Crippen MR) is 29.8 cm³/mol. The summed E-state index contributed by atoms with van der Waals surface area (Å²) in [4.78, 5) is 9.68. The molecular formula is C5H10O4. The number of aliphatic hydroxyl groups excluding tert-OH is 3. The van der Waals surface area contributed by atoms with Crippen molar-refractivity contribution in [1.29, 1.82) is 0 Å². The zero-order chi connectivity index (χ0) is 7.28. The molecule has 3 N–H and O–H groups in total. The summed E-state index contributed by atoms with van der Waals surface area (Å²) in [6.45, 7) is -0.519. The first-order chi connectivity index (χ1) is 4.22. The van der Waals surface area contributed by atoms with E-state index in [1.165, 1.54) is 0 Å². The molecule has 0 heterocycles. The molecule has 0 unspecified atom stereocenters. The van der Waals surface area contributed by atoms with E-state index in [9.17, 15) is 4.79 Å². The minimum Gasteiger partial charge on any atom is -0.394 e. The second-order valence-electron chi connectivity index (χ2n) is 1.72. The maximum Gasteiger partial charge on any atom is 0.122 e. The van der Waals surface area contributed by atoms with Gasteiger partial charge in [-0.2, -0.15) is 0 Å². The number of aldehydes is 1. The molecule has 0 bridgehead atoms. The standard InChI is InChI=1S/C5H10O4/c6-2-1-4(8)5(9)3-7/h2,4-5,7-9H,1,3H2/t4-,5-/m1/s1. The van der Waals surface area contributed by atoms with E-state index < -0.39 is 18.8 Å². The monoisotopic (exact) mass is 134 g/mol. The van der Waals surface area contributed by atoms with Crippen molar-refractivity contribution in [2.24, 2.45) is 0 Å². The molecule has 0 aliphatic carbocycles. The molecule has 0 rings (SSSR count). The molecule has 2 atom stereocenters. The Morgan fingerprint density at radius 2 is 1.89 bits per heavy atom. The van der Waals surface area contributed by atoms with Gasteiger partial charge >= 0.3 is 0 Å². The van der Waals surface area contributed by atoms with Crippen LogP contribution in [0.5, 0.6) is 0 Å². The number of aliphatic hydroxyl groups is 3. The lowest BCUT2D eigenvalue weighted by molar-refractivity contribution is -0.111. The van der Waals surface area contributed by atoms with Gasteiger partial charge in [-0.05, 0) is 0 Å². The van der Waals surface area contributed by atoms with Gasteiger partial charge in [-0.25, -0.2) is 0 Å². The van der Waals surface area contributed by atoms with E-state index in [1.807, 2.05) is 0 Å². The molecule has 0 aromatic heterocycles. The van der Waals surface area contributed by atoms with E-state index in [-0.39, 0.29) is 6.42 Å². The molecular weight excluding hydrogens is 124 g/mol. The highest BCUT2D eigenvalue weighted by Gasteiger charge is 2.13. The molecule has 0 amide bonds. The Morgan fingerprint density at radius 3 is 2.22 bits per heavy atom. The van der Waals surface area contributed by atoms with Crippen LogP contribution < -0.4 is 0 Å². The predicted octanol–water partition coefficient (Wildman–Crippen LogP) is -1.71. The Balaban J connectivity index is 3.44. The summed E-state index contributed by atoms with van der Waals surface area (Å²) in [6, 6.07) is 0. The van der Waals surface area contributed by atoms with Gasteiger partial charge in [0.2, 0.25) is 0 Å². The van der Waals surface area contributed by atoms with Gasteiger partial charge in [0.1, 0.15) is 12.4 Å². The lowest BCUT2D eigenvalue weighted by Gasteiger charge is -2.11. The van der Waals surface area contributed by atoms with E-state index in [4.69, 9.17) is 15.3 Å². The summed E-state index contributed by atoms with van der Waals surface area (Å²) in [7, 11) is 0. The Kier molecular flexibility index (Phi) is 4.21. The van der Waals surface area contributed by atoms with Gasteiger partial charge in [0.05, 0.1) is 12.7 Å². The summed E-state index contributed by atoms with van der Waals surface area (Å²) in [5.41, 5.74) is 0. The number of rotatable bonds is 4. The Bertz CT molecular complexity index is 83.0. The van der Waals surface area contributed by atoms with Gasteiger partial charge in [0.15, 0.2) is 0 Å². The van der Waals surface area contributed by atoms with Crippen molar-refractivity contribution >= 4 is 6.29 Å². The first kappa shape index (κ1) is 8.55. The SMILES string of the molecule is O=CC[C@@H](O)[C@H](O)CO. The highest BCUT2D eigenvalue weighted by atomic mass is 16.4. The number of hydrogen-bond donors (Lipinski definition) is 3. The third-order valence-corrected chi connectivity index (χ3v) is 0.969. The molecule has 0 saturated heterocycles. The molecule has 0 spiro atoms. The minimum atomic E-state index is -1.20. The highest BCUT2D eigenvalue weighted by Crippen LogP contribution is 1.94. The van der Waals surface area contributed by atoms with Crippen LogP contribution >= 0.6 is 0 Å². The third kappa shape index (κ3) is 3.18. The van der Waals surface area contributed by atoms with Crippen LogP contribution in [0.2, 0.25) is 0 Å². The molecule has 0 saturated carbocycles. The highest BCUT2D eigenvalue weighted by molar-refractivity contribution is 5.50. The van der Waals surface area contributed by atoms with Crippen LogP contribution in [0.25, 0.3) is 0 Å². The molecule has 54 valence electrons. The van der Waals surface area contributed by atoms with Crippen molar-refractivity contribution in [3.8, 4) is 0 Å². The smallest absolute Gasteiger partial charge is 0.122 e. The van der Waals surface area contributed by atoms with Crippen LogP contribution in [0.3, 0.4) is 0 Å². The van der Waals surface area contributed by atoms with E-state index in [1.54, 1.807) is 0 Å². The van der Waals surface area contributed by atoms with Gasteiger partial charge in [0.25, 0.3) is 0 Å². The molecule has 0 aliphatic rings. The summed E-state index contributed by atoms with van der Waals surface area (Å²) in [5, 5.41) is 25.5. The summed E-state index contributed by atoms with van der Waals surface area (Å²) < 4.78 is 0. The normalized spacial score (nSPS) is 16.8. The lowest BCUT2D eigenvalue weighted by atomic mass is 10.2. The number of hydrogen-bond acceptors (Lipinski definition) is 4. The van der Waals surface area contributed by atoms with Crippen molar-refractivity contribution in [2.45, 2.75) is 18.6 Å². The van der Waals surface area contributed by atoms with E-state index in [2.05, 4.69) is 0 Å².